The highest BCUT2D eigenvalue weighted by molar-refractivity contribution is 6.11. The molecule has 0 unspecified atom stereocenters. The predicted molar refractivity (Wildman–Crippen MR) is 103 cm³/mol. The van der Waals surface area contributed by atoms with Crippen LogP contribution in [0.4, 0.5) is 5.82 Å². The first-order valence-electron chi connectivity index (χ1n) is 9.80. The summed E-state index contributed by atoms with van der Waals surface area (Å²) in [5, 5.41) is 12.7. The average molecular weight is 364 g/mol. The topological polar surface area (TPSA) is 77.6 Å². The van der Waals surface area contributed by atoms with Crippen molar-refractivity contribution in [2.45, 2.75) is 57.4 Å². The third kappa shape index (κ3) is 2.91. The number of nitrogens with zero attached hydrogens (tertiary/aromatic N) is 5. The molecule has 7 nitrogen and oxygen atoms in total. The van der Waals surface area contributed by atoms with Gasteiger partial charge in [-0.2, -0.15) is 10.2 Å². The van der Waals surface area contributed by atoms with E-state index in [2.05, 4.69) is 27.1 Å². The van der Waals surface area contributed by atoms with Crippen LogP contribution in [0.15, 0.2) is 18.3 Å². The van der Waals surface area contributed by atoms with Gasteiger partial charge in [-0.05, 0) is 38.7 Å². The van der Waals surface area contributed by atoms with Crippen molar-refractivity contribution in [3.05, 3.63) is 35.3 Å². The van der Waals surface area contributed by atoms with Gasteiger partial charge in [0.05, 0.1) is 23.2 Å². The van der Waals surface area contributed by atoms with Crippen LogP contribution in [0, 0.1) is 6.92 Å². The van der Waals surface area contributed by atoms with Crippen molar-refractivity contribution in [1.82, 2.24) is 24.5 Å². The molecule has 0 bridgehead atoms. The molecule has 0 saturated heterocycles. The van der Waals surface area contributed by atoms with Gasteiger partial charge in [0.2, 0.25) is 0 Å². The third-order valence-electron chi connectivity index (χ3n) is 5.80. The van der Waals surface area contributed by atoms with E-state index in [-0.39, 0.29) is 5.91 Å². The maximum absolute atomic E-state index is 13.0. The van der Waals surface area contributed by atoms with Crippen LogP contribution in [0.3, 0.4) is 0 Å². The van der Waals surface area contributed by atoms with Gasteiger partial charge in [-0.1, -0.05) is 12.8 Å². The molecule has 2 aliphatic rings. The quantitative estimate of drug-likeness (QED) is 0.765. The number of hydrogen-bond donors (Lipinski definition) is 1. The van der Waals surface area contributed by atoms with Crippen molar-refractivity contribution in [1.29, 1.82) is 0 Å². The van der Waals surface area contributed by atoms with Gasteiger partial charge in [-0.15, -0.1) is 0 Å². The maximum Gasteiger partial charge on any atom is 0.257 e. The Labute approximate surface area is 157 Å². The zero-order chi connectivity index (χ0) is 18.5. The van der Waals surface area contributed by atoms with Gasteiger partial charge in [-0.3, -0.25) is 14.2 Å². The fraction of sp³-hybridized carbons (Fsp3) is 0.500. The second-order valence-corrected chi connectivity index (χ2v) is 7.88. The Bertz CT molecular complexity index is 1020. The Kier molecular flexibility index (Phi) is 3.77. The van der Waals surface area contributed by atoms with Gasteiger partial charge in [0.1, 0.15) is 0 Å². The summed E-state index contributed by atoms with van der Waals surface area (Å²) in [5.74, 6) is 0.944. The molecule has 2 aliphatic carbocycles. The zero-order valence-electron chi connectivity index (χ0n) is 15.8. The highest BCUT2D eigenvalue weighted by Crippen LogP contribution is 2.40. The highest BCUT2D eigenvalue weighted by Gasteiger charge is 2.28. The molecular formula is C20H24N6O. The van der Waals surface area contributed by atoms with Crippen molar-refractivity contribution in [3.63, 3.8) is 0 Å². The second-order valence-electron chi connectivity index (χ2n) is 7.88. The fourth-order valence-corrected chi connectivity index (χ4v) is 4.16. The minimum atomic E-state index is -0.145. The number of aryl methyl sites for hydroxylation is 2. The Morgan fingerprint density at radius 2 is 1.96 bits per heavy atom. The Hall–Kier alpha value is -2.70. The zero-order valence-corrected chi connectivity index (χ0v) is 15.8. The first-order valence-corrected chi connectivity index (χ1v) is 9.80. The number of aromatic nitrogens is 5. The standard InChI is InChI=1S/C20H24N6O/c1-12-9-18(24-26(12)14-5-3-4-6-14)23-20(27)15-10-17(13-7-8-13)22-19-16(15)11-21-25(19)2/h9-11,13-14H,3-8H2,1-2H3,(H,23,24,27). The third-order valence-corrected chi connectivity index (χ3v) is 5.80. The Balaban J connectivity index is 1.47. The van der Waals surface area contributed by atoms with E-state index in [0.29, 0.717) is 23.3 Å². The van der Waals surface area contributed by atoms with Crippen molar-refractivity contribution in [2.24, 2.45) is 7.05 Å². The number of carbonyl (C=O) groups excluding carboxylic acids is 1. The minimum absolute atomic E-state index is 0.145. The van der Waals surface area contributed by atoms with E-state index < -0.39 is 0 Å². The molecule has 3 aromatic heterocycles. The summed E-state index contributed by atoms with van der Waals surface area (Å²) < 4.78 is 3.81. The van der Waals surface area contributed by atoms with Crippen LogP contribution in [0.1, 0.15) is 72.2 Å². The van der Waals surface area contributed by atoms with Gasteiger partial charge in [-0.25, -0.2) is 4.98 Å². The van der Waals surface area contributed by atoms with Crippen molar-refractivity contribution in [2.75, 3.05) is 5.32 Å². The molecule has 3 aromatic rings. The molecule has 7 heteroatoms. The molecule has 0 atom stereocenters. The van der Waals surface area contributed by atoms with E-state index in [9.17, 15) is 4.79 Å². The number of nitrogens with one attached hydrogen (secondary N) is 1. The fourth-order valence-electron chi connectivity index (χ4n) is 4.16. The smallest absolute Gasteiger partial charge is 0.257 e. The molecule has 3 heterocycles. The maximum atomic E-state index is 13.0. The number of amides is 1. The van der Waals surface area contributed by atoms with Gasteiger partial charge in [0.25, 0.3) is 5.91 Å². The molecule has 0 radical (unpaired) electrons. The largest absolute Gasteiger partial charge is 0.305 e. The SMILES string of the molecule is Cc1cc(NC(=O)c2cc(C3CC3)nc3c2cnn3C)nn1C1CCCC1. The molecule has 5 rings (SSSR count). The number of anilines is 1. The number of fused-ring (bicyclic) bond motifs is 1. The predicted octanol–water partition coefficient (Wildman–Crippen LogP) is 3.72. The first kappa shape index (κ1) is 16.5. The van der Waals surface area contributed by atoms with Crippen LogP contribution in [0.2, 0.25) is 0 Å². The van der Waals surface area contributed by atoms with E-state index in [1.807, 2.05) is 19.2 Å². The van der Waals surface area contributed by atoms with Crippen molar-refractivity contribution >= 4 is 22.8 Å². The lowest BCUT2D eigenvalue weighted by Gasteiger charge is -2.11. The Morgan fingerprint density at radius 3 is 2.70 bits per heavy atom. The molecular weight excluding hydrogens is 340 g/mol. The summed E-state index contributed by atoms with van der Waals surface area (Å²) in [6, 6.07) is 4.35. The van der Waals surface area contributed by atoms with Gasteiger partial charge in [0.15, 0.2) is 11.5 Å². The van der Waals surface area contributed by atoms with E-state index in [1.54, 1.807) is 10.9 Å². The number of rotatable bonds is 4. The van der Waals surface area contributed by atoms with Crippen LogP contribution >= 0.6 is 0 Å². The lowest BCUT2D eigenvalue weighted by molar-refractivity contribution is 0.102. The normalized spacial score (nSPS) is 17.7. The number of carbonyl (C=O) groups is 1. The molecule has 0 aromatic carbocycles. The lowest BCUT2D eigenvalue weighted by atomic mass is 10.1. The van der Waals surface area contributed by atoms with Crippen LogP contribution in [-0.2, 0) is 7.05 Å². The molecule has 1 amide bonds. The molecule has 1 N–H and O–H groups in total. The monoisotopic (exact) mass is 364 g/mol. The van der Waals surface area contributed by atoms with Gasteiger partial charge >= 0.3 is 0 Å². The van der Waals surface area contributed by atoms with Gasteiger partial charge < -0.3 is 5.32 Å². The van der Waals surface area contributed by atoms with Crippen LogP contribution in [0.25, 0.3) is 11.0 Å². The summed E-state index contributed by atoms with van der Waals surface area (Å²) in [6.07, 6.45) is 8.85. The molecule has 0 aliphatic heterocycles. The van der Waals surface area contributed by atoms with Crippen molar-refractivity contribution < 1.29 is 4.79 Å². The van der Waals surface area contributed by atoms with E-state index in [4.69, 9.17) is 4.98 Å². The van der Waals surface area contributed by atoms with Gasteiger partial charge in [0, 0.05) is 30.4 Å². The molecule has 2 fully saturated rings. The number of pyridine rings is 1. The number of hydrogen-bond acceptors (Lipinski definition) is 4. The summed E-state index contributed by atoms with van der Waals surface area (Å²) >= 11 is 0. The lowest BCUT2D eigenvalue weighted by Crippen LogP contribution is -2.15. The van der Waals surface area contributed by atoms with E-state index in [1.165, 1.54) is 25.7 Å². The summed E-state index contributed by atoms with van der Waals surface area (Å²) in [7, 11) is 1.86. The highest BCUT2D eigenvalue weighted by atomic mass is 16.1. The van der Waals surface area contributed by atoms with Crippen molar-refractivity contribution in [3.8, 4) is 0 Å². The molecule has 2 saturated carbocycles. The average Bonchev–Trinajstić information content (AvgIpc) is 3.05. The van der Waals surface area contributed by atoms with E-state index in [0.717, 1.165) is 35.3 Å². The molecule has 27 heavy (non-hydrogen) atoms. The van der Waals surface area contributed by atoms with Crippen LogP contribution in [0.5, 0.6) is 0 Å². The van der Waals surface area contributed by atoms with Crippen LogP contribution < -0.4 is 5.32 Å². The molecule has 140 valence electrons. The van der Waals surface area contributed by atoms with Crippen LogP contribution in [-0.4, -0.2) is 30.5 Å². The molecule has 0 spiro atoms. The summed E-state index contributed by atoms with van der Waals surface area (Å²) in [6.45, 7) is 2.05. The first-order chi connectivity index (χ1) is 13.1. The second kappa shape index (κ2) is 6.18. The summed E-state index contributed by atoms with van der Waals surface area (Å²) in [4.78, 5) is 17.8. The Morgan fingerprint density at radius 1 is 1.19 bits per heavy atom. The minimum Gasteiger partial charge on any atom is -0.305 e. The van der Waals surface area contributed by atoms with E-state index >= 15 is 0 Å². The summed E-state index contributed by atoms with van der Waals surface area (Å²) in [5.41, 5.74) is 3.47.